The summed E-state index contributed by atoms with van der Waals surface area (Å²) in [4.78, 5) is 19.9. The first-order valence-electron chi connectivity index (χ1n) is 5.91. The van der Waals surface area contributed by atoms with Gasteiger partial charge in [-0.25, -0.2) is 9.97 Å². The fraction of sp³-hybridized carbons (Fsp3) is 0.636. The second-order valence-corrected chi connectivity index (χ2v) is 5.06. The molecule has 1 aromatic heterocycles. The minimum absolute atomic E-state index is 0.0904. The van der Waals surface area contributed by atoms with Crippen LogP contribution in [0.2, 0.25) is 0 Å². The maximum Gasteiger partial charge on any atom is 0.305 e. The van der Waals surface area contributed by atoms with E-state index >= 15 is 0 Å². The van der Waals surface area contributed by atoms with Crippen molar-refractivity contribution in [1.82, 2.24) is 9.97 Å². The lowest BCUT2D eigenvalue weighted by Crippen LogP contribution is -2.54. The van der Waals surface area contributed by atoms with E-state index < -0.39 is 10.5 Å². The lowest BCUT2D eigenvalue weighted by Gasteiger charge is -2.42. The number of aliphatic hydroxyl groups is 1. The van der Waals surface area contributed by atoms with Crippen molar-refractivity contribution in [3.8, 4) is 0 Å². The number of aromatic nitrogens is 2. The van der Waals surface area contributed by atoms with E-state index in [0.29, 0.717) is 19.0 Å². The average Bonchev–Trinajstić information content (AvgIpc) is 2.37. The van der Waals surface area contributed by atoms with Gasteiger partial charge in [0.05, 0.1) is 23.2 Å². The Morgan fingerprint density at radius 2 is 2.21 bits per heavy atom. The molecular weight excluding hydrogens is 252 g/mol. The number of anilines is 1. The van der Waals surface area contributed by atoms with Crippen molar-refractivity contribution < 1.29 is 14.8 Å². The Bertz CT molecular complexity index is 462. The lowest BCUT2D eigenvalue weighted by atomic mass is 10.1. The summed E-state index contributed by atoms with van der Waals surface area (Å²) in [6, 6.07) is 0. The van der Waals surface area contributed by atoms with Gasteiger partial charge in [0.1, 0.15) is 12.4 Å². The van der Waals surface area contributed by atoms with E-state index in [0.717, 1.165) is 0 Å². The van der Waals surface area contributed by atoms with E-state index in [1.807, 2.05) is 18.7 Å². The van der Waals surface area contributed by atoms with E-state index in [4.69, 9.17) is 4.74 Å². The van der Waals surface area contributed by atoms with Gasteiger partial charge in [-0.05, 0) is 13.8 Å². The summed E-state index contributed by atoms with van der Waals surface area (Å²) in [5, 5.41) is 19.8. The predicted molar refractivity (Wildman–Crippen MR) is 66.9 cm³/mol. The minimum Gasteiger partial charge on any atom is -0.394 e. The first-order chi connectivity index (χ1) is 8.91. The van der Waals surface area contributed by atoms with E-state index in [2.05, 4.69) is 9.97 Å². The highest BCUT2D eigenvalue weighted by Crippen LogP contribution is 2.24. The zero-order valence-corrected chi connectivity index (χ0v) is 10.8. The van der Waals surface area contributed by atoms with Crippen LogP contribution in [0.15, 0.2) is 12.4 Å². The number of morpholine rings is 1. The summed E-state index contributed by atoms with van der Waals surface area (Å²) in [5.74, 6) is 0.403. The molecule has 1 saturated heterocycles. The molecule has 0 radical (unpaired) electrons. The van der Waals surface area contributed by atoms with Gasteiger partial charge in [0.2, 0.25) is 5.95 Å². The number of hydrogen-bond donors (Lipinski definition) is 1. The van der Waals surface area contributed by atoms with E-state index in [-0.39, 0.29) is 18.4 Å². The Morgan fingerprint density at radius 3 is 2.74 bits per heavy atom. The highest BCUT2D eigenvalue weighted by Gasteiger charge is 2.34. The summed E-state index contributed by atoms with van der Waals surface area (Å²) in [6.45, 7) is 4.74. The average molecular weight is 268 g/mol. The van der Waals surface area contributed by atoms with Crippen LogP contribution in [-0.4, -0.2) is 51.4 Å². The first kappa shape index (κ1) is 13.6. The largest absolute Gasteiger partial charge is 0.394 e. The van der Waals surface area contributed by atoms with Gasteiger partial charge < -0.3 is 14.7 Å². The monoisotopic (exact) mass is 268 g/mol. The highest BCUT2D eigenvalue weighted by molar-refractivity contribution is 5.35. The lowest BCUT2D eigenvalue weighted by molar-refractivity contribution is -0.385. The summed E-state index contributed by atoms with van der Waals surface area (Å²) >= 11 is 0. The van der Waals surface area contributed by atoms with Crippen LogP contribution >= 0.6 is 0 Å². The molecule has 1 fully saturated rings. The number of rotatable bonds is 3. The van der Waals surface area contributed by atoms with Gasteiger partial charge in [0.25, 0.3) is 0 Å². The van der Waals surface area contributed by atoms with Crippen LogP contribution in [0, 0.1) is 10.1 Å². The van der Waals surface area contributed by atoms with Gasteiger partial charge in [-0.3, -0.25) is 10.1 Å². The molecule has 0 amide bonds. The van der Waals surface area contributed by atoms with E-state index in [1.165, 1.54) is 12.4 Å². The normalized spacial score (nSPS) is 22.3. The van der Waals surface area contributed by atoms with Gasteiger partial charge >= 0.3 is 5.69 Å². The van der Waals surface area contributed by atoms with Crippen LogP contribution in [0.1, 0.15) is 13.8 Å². The third-order valence-corrected chi connectivity index (χ3v) is 2.80. The number of nitrogens with zero attached hydrogens (tertiary/aromatic N) is 4. The van der Waals surface area contributed by atoms with Crippen molar-refractivity contribution in [2.75, 3.05) is 24.6 Å². The van der Waals surface area contributed by atoms with Crippen molar-refractivity contribution in [2.45, 2.75) is 25.6 Å². The van der Waals surface area contributed by atoms with Gasteiger partial charge in [0, 0.05) is 13.1 Å². The summed E-state index contributed by atoms with van der Waals surface area (Å²) in [5.41, 5.74) is -0.577. The Balaban J connectivity index is 2.18. The molecule has 1 atom stereocenters. The Morgan fingerprint density at radius 1 is 1.58 bits per heavy atom. The Hall–Kier alpha value is -1.80. The van der Waals surface area contributed by atoms with Crippen LogP contribution in [0.25, 0.3) is 0 Å². The van der Waals surface area contributed by atoms with Crippen molar-refractivity contribution >= 4 is 11.6 Å². The predicted octanol–water partition coefficient (Wildman–Crippen LogP) is 0.361. The fourth-order valence-electron chi connectivity index (χ4n) is 2.12. The number of aliphatic hydroxyl groups excluding tert-OH is 1. The fourth-order valence-corrected chi connectivity index (χ4v) is 2.12. The summed E-state index contributed by atoms with van der Waals surface area (Å²) < 4.78 is 5.68. The molecule has 1 aromatic rings. The molecule has 19 heavy (non-hydrogen) atoms. The van der Waals surface area contributed by atoms with Gasteiger partial charge in [-0.15, -0.1) is 0 Å². The molecule has 0 bridgehead atoms. The number of nitro groups is 1. The molecule has 0 spiro atoms. The van der Waals surface area contributed by atoms with Gasteiger partial charge in [0.15, 0.2) is 0 Å². The molecule has 1 aliphatic rings. The van der Waals surface area contributed by atoms with Crippen molar-refractivity contribution in [3.63, 3.8) is 0 Å². The molecule has 0 saturated carbocycles. The minimum atomic E-state index is -0.538. The molecule has 1 aliphatic heterocycles. The molecule has 1 unspecified atom stereocenters. The van der Waals surface area contributed by atoms with Gasteiger partial charge in [-0.2, -0.15) is 0 Å². The highest BCUT2D eigenvalue weighted by atomic mass is 16.6. The smallest absolute Gasteiger partial charge is 0.305 e. The molecule has 0 aromatic carbocycles. The Labute approximate surface area is 110 Å². The molecule has 8 heteroatoms. The van der Waals surface area contributed by atoms with Crippen molar-refractivity contribution in [2.24, 2.45) is 0 Å². The third kappa shape index (κ3) is 3.15. The maximum atomic E-state index is 10.5. The van der Waals surface area contributed by atoms with Gasteiger partial charge in [-0.1, -0.05) is 0 Å². The van der Waals surface area contributed by atoms with Crippen LogP contribution in [0.3, 0.4) is 0 Å². The molecule has 8 nitrogen and oxygen atoms in total. The molecular formula is C11H16N4O4. The standard InChI is InChI=1S/C11H16N4O4/c1-11(2)7-14(5-9(6-16)19-11)10-12-3-8(4-13-10)15(17)18/h3-4,9,16H,5-7H2,1-2H3. The summed E-state index contributed by atoms with van der Waals surface area (Å²) in [7, 11) is 0. The second kappa shape index (κ2) is 5.06. The topological polar surface area (TPSA) is 102 Å². The summed E-state index contributed by atoms with van der Waals surface area (Å²) in [6.07, 6.45) is 2.04. The van der Waals surface area contributed by atoms with E-state index in [9.17, 15) is 15.2 Å². The SMILES string of the molecule is CC1(C)CN(c2ncc([N+](=O)[O-])cn2)CC(CO)O1. The van der Waals surface area contributed by atoms with E-state index in [1.54, 1.807) is 0 Å². The molecule has 0 aliphatic carbocycles. The van der Waals surface area contributed by atoms with Crippen LogP contribution < -0.4 is 4.90 Å². The molecule has 104 valence electrons. The van der Waals surface area contributed by atoms with Crippen LogP contribution in [0.4, 0.5) is 11.6 Å². The zero-order valence-electron chi connectivity index (χ0n) is 10.8. The molecule has 2 rings (SSSR count). The van der Waals surface area contributed by atoms with Crippen LogP contribution in [-0.2, 0) is 4.74 Å². The van der Waals surface area contributed by atoms with Crippen molar-refractivity contribution in [1.29, 1.82) is 0 Å². The maximum absolute atomic E-state index is 10.5. The quantitative estimate of drug-likeness (QED) is 0.623. The van der Waals surface area contributed by atoms with Crippen molar-refractivity contribution in [3.05, 3.63) is 22.5 Å². The molecule has 1 N–H and O–H groups in total. The second-order valence-electron chi connectivity index (χ2n) is 5.06. The number of hydrogen-bond acceptors (Lipinski definition) is 7. The Kier molecular flexibility index (Phi) is 3.63. The van der Waals surface area contributed by atoms with Crippen LogP contribution in [0.5, 0.6) is 0 Å². The number of ether oxygens (including phenoxy) is 1. The first-order valence-corrected chi connectivity index (χ1v) is 5.91. The third-order valence-electron chi connectivity index (χ3n) is 2.80. The zero-order chi connectivity index (χ0) is 14.0. The molecule has 2 heterocycles.